The summed E-state index contributed by atoms with van der Waals surface area (Å²) in [5.74, 6) is 1.95. The van der Waals surface area contributed by atoms with Crippen LogP contribution in [0.4, 0.5) is 0 Å². The molecular formula is C18H32N2O. The van der Waals surface area contributed by atoms with E-state index >= 15 is 0 Å². The quantitative estimate of drug-likeness (QED) is 0.797. The third kappa shape index (κ3) is 3.80. The van der Waals surface area contributed by atoms with Gasteiger partial charge in [-0.2, -0.15) is 0 Å². The molecular weight excluding hydrogens is 260 g/mol. The highest BCUT2D eigenvalue weighted by molar-refractivity contribution is 5.78. The van der Waals surface area contributed by atoms with Crippen molar-refractivity contribution in [3.05, 3.63) is 0 Å². The summed E-state index contributed by atoms with van der Waals surface area (Å²) in [6, 6.07) is 0.705. The predicted molar refractivity (Wildman–Crippen MR) is 86.1 cm³/mol. The van der Waals surface area contributed by atoms with Crippen LogP contribution < -0.4 is 0 Å². The smallest absolute Gasteiger partial charge is 0.236 e. The lowest BCUT2D eigenvalue weighted by Gasteiger charge is -2.36. The maximum absolute atomic E-state index is 12.6. The molecule has 2 saturated heterocycles. The van der Waals surface area contributed by atoms with Crippen LogP contribution in [-0.2, 0) is 4.79 Å². The lowest BCUT2D eigenvalue weighted by atomic mass is 9.83. The third-order valence-electron chi connectivity index (χ3n) is 5.96. The molecule has 1 amide bonds. The van der Waals surface area contributed by atoms with Crippen molar-refractivity contribution >= 4 is 5.91 Å². The van der Waals surface area contributed by atoms with Crippen LogP contribution in [0.25, 0.3) is 0 Å². The molecule has 3 heteroatoms. The van der Waals surface area contributed by atoms with Gasteiger partial charge in [0.2, 0.25) is 5.91 Å². The first-order chi connectivity index (χ1) is 10.2. The van der Waals surface area contributed by atoms with E-state index in [1.165, 1.54) is 57.8 Å². The minimum absolute atomic E-state index is 0.393. The van der Waals surface area contributed by atoms with E-state index in [9.17, 15) is 4.79 Å². The van der Waals surface area contributed by atoms with Gasteiger partial charge in [0.15, 0.2) is 0 Å². The zero-order valence-corrected chi connectivity index (χ0v) is 13.7. The van der Waals surface area contributed by atoms with Crippen molar-refractivity contribution in [3.8, 4) is 0 Å². The Morgan fingerprint density at radius 1 is 0.952 bits per heavy atom. The summed E-state index contributed by atoms with van der Waals surface area (Å²) in [4.78, 5) is 17.3. The van der Waals surface area contributed by atoms with Crippen LogP contribution in [0.3, 0.4) is 0 Å². The fraction of sp³-hybridized carbons (Fsp3) is 0.944. The molecule has 0 aromatic rings. The molecule has 0 aromatic carbocycles. The van der Waals surface area contributed by atoms with E-state index in [-0.39, 0.29) is 0 Å². The maximum atomic E-state index is 12.6. The number of likely N-dealkylation sites (tertiary alicyclic amines) is 2. The van der Waals surface area contributed by atoms with Crippen LogP contribution >= 0.6 is 0 Å². The van der Waals surface area contributed by atoms with Gasteiger partial charge in [0.25, 0.3) is 0 Å². The summed E-state index contributed by atoms with van der Waals surface area (Å²) in [5, 5.41) is 0. The molecule has 0 aromatic heterocycles. The Morgan fingerprint density at radius 3 is 2.48 bits per heavy atom. The minimum Gasteiger partial charge on any atom is -0.341 e. The molecule has 0 N–H and O–H groups in total. The number of hydrogen-bond acceptors (Lipinski definition) is 2. The first kappa shape index (κ1) is 15.3. The van der Waals surface area contributed by atoms with E-state index in [1.807, 2.05) is 0 Å². The summed E-state index contributed by atoms with van der Waals surface area (Å²) >= 11 is 0. The first-order valence-electron chi connectivity index (χ1n) is 9.26. The van der Waals surface area contributed by atoms with Gasteiger partial charge in [0, 0.05) is 19.1 Å². The number of rotatable bonds is 3. The molecule has 0 spiro atoms. The van der Waals surface area contributed by atoms with Crippen molar-refractivity contribution in [1.29, 1.82) is 0 Å². The monoisotopic (exact) mass is 292 g/mol. The zero-order chi connectivity index (χ0) is 14.7. The van der Waals surface area contributed by atoms with Gasteiger partial charge in [-0.05, 0) is 56.9 Å². The van der Waals surface area contributed by atoms with Gasteiger partial charge in [0.1, 0.15) is 0 Å². The fourth-order valence-corrected chi connectivity index (χ4v) is 4.79. The van der Waals surface area contributed by atoms with E-state index < -0.39 is 0 Å². The van der Waals surface area contributed by atoms with Crippen LogP contribution in [0.5, 0.6) is 0 Å². The van der Waals surface area contributed by atoms with E-state index in [1.54, 1.807) is 0 Å². The molecule has 21 heavy (non-hydrogen) atoms. The van der Waals surface area contributed by atoms with E-state index in [0.717, 1.165) is 25.6 Å². The molecule has 2 unspecified atom stereocenters. The van der Waals surface area contributed by atoms with Crippen LogP contribution in [0.15, 0.2) is 0 Å². The molecule has 1 saturated carbocycles. The van der Waals surface area contributed by atoms with Crippen molar-refractivity contribution in [3.63, 3.8) is 0 Å². The molecule has 3 rings (SSSR count). The lowest BCUT2D eigenvalue weighted by molar-refractivity contribution is -0.134. The Labute approximate surface area is 130 Å². The van der Waals surface area contributed by atoms with Gasteiger partial charge in [-0.1, -0.05) is 26.2 Å². The van der Waals surface area contributed by atoms with E-state index in [2.05, 4.69) is 16.7 Å². The molecule has 3 aliphatic rings. The van der Waals surface area contributed by atoms with Crippen molar-refractivity contribution in [2.24, 2.45) is 11.8 Å². The second-order valence-electron chi connectivity index (χ2n) is 7.67. The number of piperidine rings is 1. The van der Waals surface area contributed by atoms with Gasteiger partial charge in [-0.15, -0.1) is 0 Å². The minimum atomic E-state index is 0.393. The van der Waals surface area contributed by atoms with Crippen LogP contribution in [-0.4, -0.2) is 47.9 Å². The lowest BCUT2D eigenvalue weighted by Crippen LogP contribution is -2.47. The highest BCUT2D eigenvalue weighted by Gasteiger charge is 2.34. The SMILES string of the molecule is CC1CCCN(C(=O)CN2CCCC2C2CCCCC2)C1. The molecule has 2 atom stereocenters. The Balaban J connectivity index is 1.54. The Hall–Kier alpha value is -0.570. The van der Waals surface area contributed by atoms with Crippen molar-refractivity contribution in [2.45, 2.75) is 70.8 Å². The number of carbonyl (C=O) groups is 1. The molecule has 3 nitrogen and oxygen atoms in total. The molecule has 1 aliphatic carbocycles. The summed E-state index contributed by atoms with van der Waals surface area (Å²) in [5.41, 5.74) is 0. The Morgan fingerprint density at radius 2 is 1.71 bits per heavy atom. The summed E-state index contributed by atoms with van der Waals surface area (Å²) in [6.45, 7) is 6.09. The third-order valence-corrected chi connectivity index (χ3v) is 5.96. The summed E-state index contributed by atoms with van der Waals surface area (Å²) < 4.78 is 0. The van der Waals surface area contributed by atoms with E-state index in [0.29, 0.717) is 24.4 Å². The van der Waals surface area contributed by atoms with Gasteiger partial charge >= 0.3 is 0 Å². The summed E-state index contributed by atoms with van der Waals surface area (Å²) in [7, 11) is 0. The highest BCUT2D eigenvalue weighted by Crippen LogP contribution is 2.34. The molecule has 0 bridgehead atoms. The van der Waals surface area contributed by atoms with E-state index in [4.69, 9.17) is 0 Å². The standard InChI is InChI=1S/C18H32N2O/c1-15-7-5-12-20(13-15)18(21)14-19-11-6-10-17(19)16-8-3-2-4-9-16/h15-17H,2-14H2,1H3. The molecule has 2 heterocycles. The topological polar surface area (TPSA) is 23.6 Å². The van der Waals surface area contributed by atoms with Gasteiger partial charge < -0.3 is 4.90 Å². The average Bonchev–Trinajstić information content (AvgIpc) is 2.96. The van der Waals surface area contributed by atoms with Crippen molar-refractivity contribution in [2.75, 3.05) is 26.2 Å². The average molecular weight is 292 g/mol. The predicted octanol–water partition coefficient (Wildman–Crippen LogP) is 3.29. The highest BCUT2D eigenvalue weighted by atomic mass is 16.2. The molecule has 3 fully saturated rings. The van der Waals surface area contributed by atoms with Crippen molar-refractivity contribution in [1.82, 2.24) is 9.80 Å². The number of nitrogens with zero attached hydrogens (tertiary/aromatic N) is 2. The van der Waals surface area contributed by atoms with Crippen LogP contribution in [0, 0.1) is 11.8 Å². The summed E-state index contributed by atoms with van der Waals surface area (Å²) in [6.07, 6.45) is 12.1. The zero-order valence-electron chi connectivity index (χ0n) is 13.7. The Bertz CT molecular complexity index is 351. The first-order valence-corrected chi connectivity index (χ1v) is 9.26. The normalized spacial score (nSPS) is 32.5. The molecule has 2 aliphatic heterocycles. The van der Waals surface area contributed by atoms with Gasteiger partial charge in [-0.25, -0.2) is 0 Å². The van der Waals surface area contributed by atoms with Crippen molar-refractivity contribution < 1.29 is 4.79 Å². The second-order valence-corrected chi connectivity index (χ2v) is 7.67. The second kappa shape index (κ2) is 7.13. The molecule has 120 valence electrons. The molecule has 0 radical (unpaired) electrons. The van der Waals surface area contributed by atoms with Crippen LogP contribution in [0.1, 0.15) is 64.7 Å². The Kier molecular flexibility index (Phi) is 5.20. The maximum Gasteiger partial charge on any atom is 0.236 e. The number of carbonyl (C=O) groups excluding carboxylic acids is 1. The van der Waals surface area contributed by atoms with Gasteiger partial charge in [-0.3, -0.25) is 9.69 Å². The fourth-order valence-electron chi connectivity index (χ4n) is 4.79. The largest absolute Gasteiger partial charge is 0.341 e. The van der Waals surface area contributed by atoms with Gasteiger partial charge in [0.05, 0.1) is 6.54 Å². The number of hydrogen-bond donors (Lipinski definition) is 0. The number of amides is 1. The van der Waals surface area contributed by atoms with Crippen LogP contribution in [0.2, 0.25) is 0 Å².